The number of carbonyl (C=O) groups excluding carboxylic acids is 1. The van der Waals surface area contributed by atoms with Crippen molar-refractivity contribution in [1.29, 1.82) is 0 Å². The third-order valence-corrected chi connectivity index (χ3v) is 4.22. The number of hydrogen-bond donors (Lipinski definition) is 0. The van der Waals surface area contributed by atoms with E-state index in [1.54, 1.807) is 13.0 Å². The van der Waals surface area contributed by atoms with Gasteiger partial charge in [0.2, 0.25) is 0 Å². The van der Waals surface area contributed by atoms with Crippen molar-refractivity contribution in [3.05, 3.63) is 77.0 Å². The zero-order valence-electron chi connectivity index (χ0n) is 17.8. The minimum absolute atomic E-state index is 0.139. The molecule has 0 atom stereocenters. The Hall–Kier alpha value is -3.61. The number of hydrogen-bond acceptors (Lipinski definition) is 7. The van der Waals surface area contributed by atoms with Gasteiger partial charge in [-0.2, -0.15) is 0 Å². The van der Waals surface area contributed by atoms with Crippen molar-refractivity contribution in [1.82, 2.24) is 0 Å². The van der Waals surface area contributed by atoms with E-state index in [4.69, 9.17) is 19.1 Å². The number of benzene rings is 2. The van der Waals surface area contributed by atoms with E-state index in [-0.39, 0.29) is 6.61 Å². The van der Waals surface area contributed by atoms with Crippen molar-refractivity contribution in [2.24, 2.45) is 10.3 Å². The second-order valence-corrected chi connectivity index (χ2v) is 6.35. The fourth-order valence-corrected chi connectivity index (χ4v) is 2.73. The van der Waals surface area contributed by atoms with E-state index < -0.39 is 5.97 Å². The Morgan fingerprint density at radius 2 is 1.70 bits per heavy atom. The third-order valence-electron chi connectivity index (χ3n) is 4.22. The van der Waals surface area contributed by atoms with Gasteiger partial charge in [-0.15, -0.1) is 0 Å². The first-order chi connectivity index (χ1) is 14.5. The number of nitrogens with zero attached hydrogens (tertiary/aromatic N) is 2. The first kappa shape index (κ1) is 22.7. The van der Waals surface area contributed by atoms with Gasteiger partial charge in [0.25, 0.3) is 0 Å². The lowest BCUT2D eigenvalue weighted by molar-refractivity contribution is -0.133. The molecular formula is C23H26N2O5. The van der Waals surface area contributed by atoms with Crippen LogP contribution in [-0.2, 0) is 30.6 Å². The summed E-state index contributed by atoms with van der Waals surface area (Å²) in [5.41, 5.74) is 4.82. The number of carbonyl (C=O) groups is 1. The fourth-order valence-electron chi connectivity index (χ4n) is 2.73. The Morgan fingerprint density at radius 1 is 1.00 bits per heavy atom. The Labute approximate surface area is 176 Å². The molecule has 158 valence electrons. The summed E-state index contributed by atoms with van der Waals surface area (Å²) in [6, 6.07) is 15.2. The van der Waals surface area contributed by atoms with Gasteiger partial charge >= 0.3 is 5.97 Å². The molecule has 0 N–H and O–H groups in total. The molecule has 2 aromatic carbocycles. The largest absolute Gasteiger partial charge is 0.503 e. The van der Waals surface area contributed by atoms with Crippen molar-refractivity contribution in [3.63, 3.8) is 0 Å². The molecule has 2 rings (SSSR count). The minimum Gasteiger partial charge on any atom is -0.503 e. The van der Waals surface area contributed by atoms with Crippen molar-refractivity contribution in [3.8, 4) is 0 Å². The van der Waals surface area contributed by atoms with Crippen LogP contribution in [0.3, 0.4) is 0 Å². The summed E-state index contributed by atoms with van der Waals surface area (Å²) in [7, 11) is 4.27. The van der Waals surface area contributed by atoms with Gasteiger partial charge in [-0.05, 0) is 19.4 Å². The second-order valence-electron chi connectivity index (χ2n) is 6.35. The Bertz CT molecular complexity index is 946. The smallest absolute Gasteiger partial charge is 0.341 e. The maximum absolute atomic E-state index is 12.1. The molecule has 0 aliphatic heterocycles. The lowest BCUT2D eigenvalue weighted by Crippen LogP contribution is -2.13. The van der Waals surface area contributed by atoms with Crippen molar-refractivity contribution in [2.75, 3.05) is 21.3 Å². The third kappa shape index (κ3) is 5.94. The molecular weight excluding hydrogens is 384 g/mol. The maximum atomic E-state index is 12.1. The highest BCUT2D eigenvalue weighted by atomic mass is 16.6. The summed E-state index contributed by atoms with van der Waals surface area (Å²) >= 11 is 0. The average molecular weight is 410 g/mol. The molecule has 0 aliphatic carbocycles. The van der Waals surface area contributed by atoms with E-state index in [0.717, 1.165) is 16.7 Å². The maximum Gasteiger partial charge on any atom is 0.341 e. The quantitative estimate of drug-likeness (QED) is 0.204. The monoisotopic (exact) mass is 410 g/mol. The summed E-state index contributed by atoms with van der Waals surface area (Å²) in [5, 5.41) is 8.26. The van der Waals surface area contributed by atoms with Crippen molar-refractivity contribution >= 4 is 23.0 Å². The van der Waals surface area contributed by atoms with Gasteiger partial charge in [-0.1, -0.05) is 64.4 Å². The first-order valence-corrected chi connectivity index (χ1v) is 9.26. The summed E-state index contributed by atoms with van der Waals surface area (Å²) in [4.78, 5) is 22.6. The van der Waals surface area contributed by atoms with Crippen LogP contribution in [0.5, 0.6) is 0 Å². The van der Waals surface area contributed by atoms with Crippen LogP contribution >= 0.6 is 0 Å². The minimum atomic E-state index is -0.502. The van der Waals surface area contributed by atoms with E-state index in [9.17, 15) is 4.79 Å². The molecule has 30 heavy (non-hydrogen) atoms. The van der Waals surface area contributed by atoms with Crippen LogP contribution in [0.25, 0.3) is 5.57 Å². The second kappa shape index (κ2) is 11.4. The summed E-state index contributed by atoms with van der Waals surface area (Å²) in [5.74, 6) is -0.502. The van der Waals surface area contributed by atoms with Crippen LogP contribution in [-0.4, -0.2) is 38.7 Å². The Kier molecular flexibility index (Phi) is 8.62. The number of ether oxygens (including phenoxy) is 2. The van der Waals surface area contributed by atoms with E-state index in [2.05, 4.69) is 10.3 Å². The lowest BCUT2D eigenvalue weighted by Gasteiger charge is -2.11. The molecule has 0 aliphatic rings. The highest BCUT2D eigenvalue weighted by Gasteiger charge is 2.17. The molecule has 0 aromatic heterocycles. The normalized spacial score (nSPS) is 12.4. The number of rotatable bonds is 9. The Balaban J connectivity index is 2.23. The molecule has 0 unspecified atom stereocenters. The predicted molar refractivity (Wildman–Crippen MR) is 116 cm³/mol. The highest BCUT2D eigenvalue weighted by molar-refractivity contribution is 6.47. The predicted octanol–water partition coefficient (Wildman–Crippen LogP) is 4.10. The van der Waals surface area contributed by atoms with Gasteiger partial charge in [0, 0.05) is 11.1 Å². The van der Waals surface area contributed by atoms with E-state index in [0.29, 0.717) is 22.6 Å². The van der Waals surface area contributed by atoms with Crippen LogP contribution < -0.4 is 0 Å². The fraction of sp³-hybridized carbons (Fsp3) is 0.261. The van der Waals surface area contributed by atoms with Crippen LogP contribution in [0.2, 0.25) is 0 Å². The zero-order chi connectivity index (χ0) is 21.9. The molecule has 0 heterocycles. The summed E-state index contributed by atoms with van der Waals surface area (Å²) < 4.78 is 9.88. The molecule has 2 aromatic rings. The van der Waals surface area contributed by atoms with E-state index >= 15 is 0 Å². The Morgan fingerprint density at radius 3 is 2.33 bits per heavy atom. The summed E-state index contributed by atoms with van der Waals surface area (Å²) in [6.45, 7) is 3.94. The molecule has 0 saturated heterocycles. The summed E-state index contributed by atoms with van der Waals surface area (Å²) in [6.07, 6.45) is 1.35. The van der Waals surface area contributed by atoms with Crippen molar-refractivity contribution in [2.45, 2.75) is 20.5 Å². The van der Waals surface area contributed by atoms with Gasteiger partial charge in [-0.3, -0.25) is 0 Å². The molecule has 0 saturated carbocycles. The molecule has 0 radical (unpaired) electrons. The zero-order valence-corrected chi connectivity index (χ0v) is 17.8. The van der Waals surface area contributed by atoms with Crippen LogP contribution in [0.1, 0.15) is 29.2 Å². The standard InChI is InChI=1S/C23H26N2O5/c1-16-10-12-18(13-11-16)22(25-29-5)17(2)24-30-14-19-8-6-7-9-20(19)21(15-27-3)23(26)28-4/h6-13,15H,14H2,1-5H3. The number of esters is 1. The van der Waals surface area contributed by atoms with E-state index in [1.165, 1.54) is 27.6 Å². The number of methoxy groups -OCH3 is 2. The average Bonchev–Trinajstić information content (AvgIpc) is 2.76. The number of oxime groups is 2. The molecule has 0 amide bonds. The van der Waals surface area contributed by atoms with Crippen LogP contribution in [0.4, 0.5) is 0 Å². The van der Waals surface area contributed by atoms with Gasteiger partial charge in [0.05, 0.1) is 20.5 Å². The van der Waals surface area contributed by atoms with Crippen LogP contribution in [0, 0.1) is 6.92 Å². The molecule has 7 nitrogen and oxygen atoms in total. The first-order valence-electron chi connectivity index (χ1n) is 9.26. The van der Waals surface area contributed by atoms with Crippen molar-refractivity contribution < 1.29 is 23.9 Å². The number of aryl methyl sites for hydroxylation is 1. The van der Waals surface area contributed by atoms with Gasteiger partial charge in [0.1, 0.15) is 30.7 Å². The molecule has 7 heteroatoms. The van der Waals surface area contributed by atoms with Crippen LogP contribution in [0.15, 0.2) is 65.1 Å². The highest BCUT2D eigenvalue weighted by Crippen LogP contribution is 2.22. The topological polar surface area (TPSA) is 78.7 Å². The molecule has 0 bridgehead atoms. The van der Waals surface area contributed by atoms with Gasteiger partial charge < -0.3 is 19.1 Å². The SMILES string of the molecule is COC=C(C(=O)OC)c1ccccc1CON=C(C)C(=NOC)c1ccc(C)cc1. The van der Waals surface area contributed by atoms with Gasteiger partial charge in [-0.25, -0.2) is 4.79 Å². The van der Waals surface area contributed by atoms with Gasteiger partial charge in [0.15, 0.2) is 0 Å². The molecule has 0 fully saturated rings. The van der Waals surface area contributed by atoms with E-state index in [1.807, 2.05) is 49.4 Å². The molecule has 0 spiro atoms. The lowest BCUT2D eigenvalue weighted by atomic mass is 10.0.